The van der Waals surface area contributed by atoms with Gasteiger partial charge in [-0.05, 0) is 31.2 Å². The van der Waals surface area contributed by atoms with Crippen molar-refractivity contribution >= 4 is 17.2 Å². The molecule has 7 heteroatoms. The van der Waals surface area contributed by atoms with Gasteiger partial charge in [0.2, 0.25) is 0 Å². The standard InChI is InChI=1S/C17H16FN3O3/c1-10-16(21-9-11(18)4-7-15(21)19-10)17(22)20-13-8-12(23-2)5-6-14(13)24-3/h4-9H,1-3H3,(H,20,22). The van der Waals surface area contributed by atoms with Gasteiger partial charge in [-0.2, -0.15) is 0 Å². The number of carbonyl (C=O) groups excluding carboxylic acids is 1. The maximum atomic E-state index is 13.5. The molecule has 0 atom stereocenters. The maximum Gasteiger partial charge on any atom is 0.274 e. The van der Waals surface area contributed by atoms with Crippen LogP contribution in [0.3, 0.4) is 0 Å². The number of methoxy groups -OCH3 is 2. The highest BCUT2D eigenvalue weighted by molar-refractivity contribution is 6.05. The summed E-state index contributed by atoms with van der Waals surface area (Å²) in [5, 5.41) is 2.76. The highest BCUT2D eigenvalue weighted by Crippen LogP contribution is 2.29. The molecule has 1 aromatic carbocycles. The highest BCUT2D eigenvalue weighted by Gasteiger charge is 2.19. The lowest BCUT2D eigenvalue weighted by molar-refractivity contribution is 0.102. The van der Waals surface area contributed by atoms with Crippen LogP contribution < -0.4 is 14.8 Å². The Morgan fingerprint density at radius 1 is 1.21 bits per heavy atom. The third-order valence-electron chi connectivity index (χ3n) is 3.63. The number of nitrogens with zero attached hydrogens (tertiary/aromatic N) is 2. The van der Waals surface area contributed by atoms with E-state index in [0.717, 1.165) is 0 Å². The van der Waals surface area contributed by atoms with E-state index in [-0.39, 0.29) is 5.69 Å². The van der Waals surface area contributed by atoms with Crippen LogP contribution in [0.15, 0.2) is 36.5 Å². The number of fused-ring (bicyclic) bond motifs is 1. The molecule has 0 unspecified atom stereocenters. The number of aryl methyl sites for hydroxylation is 1. The molecule has 0 saturated carbocycles. The Balaban J connectivity index is 2.02. The van der Waals surface area contributed by atoms with Crippen molar-refractivity contribution < 1.29 is 18.7 Å². The zero-order valence-corrected chi connectivity index (χ0v) is 13.5. The zero-order chi connectivity index (χ0) is 17.3. The summed E-state index contributed by atoms with van der Waals surface area (Å²) in [5.74, 6) is 0.193. The van der Waals surface area contributed by atoms with Crippen molar-refractivity contribution in [2.45, 2.75) is 6.92 Å². The van der Waals surface area contributed by atoms with Gasteiger partial charge in [-0.15, -0.1) is 0 Å². The third-order valence-corrected chi connectivity index (χ3v) is 3.63. The SMILES string of the molecule is COc1ccc(OC)c(NC(=O)c2c(C)nc3ccc(F)cn23)c1. The largest absolute Gasteiger partial charge is 0.497 e. The number of hydrogen-bond acceptors (Lipinski definition) is 4. The summed E-state index contributed by atoms with van der Waals surface area (Å²) in [6, 6.07) is 7.88. The average Bonchev–Trinajstić information content (AvgIpc) is 2.89. The summed E-state index contributed by atoms with van der Waals surface area (Å²) < 4.78 is 25.3. The van der Waals surface area contributed by atoms with E-state index in [1.807, 2.05) is 0 Å². The molecule has 1 amide bonds. The number of nitrogens with one attached hydrogen (secondary N) is 1. The molecule has 1 N–H and O–H groups in total. The number of aromatic nitrogens is 2. The number of halogens is 1. The second-order valence-electron chi connectivity index (χ2n) is 5.14. The minimum atomic E-state index is -0.451. The van der Waals surface area contributed by atoms with Gasteiger partial charge in [0.1, 0.15) is 28.7 Å². The third kappa shape index (κ3) is 2.76. The molecule has 3 aromatic rings. The van der Waals surface area contributed by atoms with Gasteiger partial charge >= 0.3 is 0 Å². The first-order chi connectivity index (χ1) is 11.5. The van der Waals surface area contributed by atoms with Crippen LogP contribution in [0.4, 0.5) is 10.1 Å². The molecule has 0 radical (unpaired) electrons. The van der Waals surface area contributed by atoms with Gasteiger partial charge in [0, 0.05) is 12.3 Å². The average molecular weight is 329 g/mol. The number of hydrogen-bond donors (Lipinski definition) is 1. The van der Waals surface area contributed by atoms with E-state index < -0.39 is 11.7 Å². The second kappa shape index (κ2) is 6.19. The normalized spacial score (nSPS) is 10.7. The van der Waals surface area contributed by atoms with Crippen molar-refractivity contribution in [2.24, 2.45) is 0 Å². The Bertz CT molecular complexity index is 921. The monoisotopic (exact) mass is 329 g/mol. The maximum absolute atomic E-state index is 13.5. The number of rotatable bonds is 4. The summed E-state index contributed by atoms with van der Waals surface area (Å²) in [6.07, 6.45) is 1.23. The van der Waals surface area contributed by atoms with E-state index in [4.69, 9.17) is 9.47 Å². The van der Waals surface area contributed by atoms with E-state index >= 15 is 0 Å². The summed E-state index contributed by atoms with van der Waals surface area (Å²) in [6.45, 7) is 1.70. The molecule has 2 aromatic heterocycles. The van der Waals surface area contributed by atoms with Crippen molar-refractivity contribution in [1.29, 1.82) is 0 Å². The molecule has 0 spiro atoms. The second-order valence-corrected chi connectivity index (χ2v) is 5.14. The van der Waals surface area contributed by atoms with Gasteiger partial charge in [0.25, 0.3) is 5.91 Å². The Morgan fingerprint density at radius 2 is 2.00 bits per heavy atom. The topological polar surface area (TPSA) is 64.9 Å². The zero-order valence-electron chi connectivity index (χ0n) is 13.5. The molecule has 6 nitrogen and oxygen atoms in total. The minimum absolute atomic E-state index is 0.259. The van der Waals surface area contributed by atoms with Crippen LogP contribution in [0.1, 0.15) is 16.2 Å². The number of pyridine rings is 1. The van der Waals surface area contributed by atoms with E-state index in [9.17, 15) is 9.18 Å². The molecule has 0 aliphatic rings. The fourth-order valence-corrected chi connectivity index (χ4v) is 2.50. The lowest BCUT2D eigenvalue weighted by Gasteiger charge is -2.12. The van der Waals surface area contributed by atoms with Crippen LogP contribution in [-0.2, 0) is 0 Å². The van der Waals surface area contributed by atoms with Gasteiger partial charge in [-0.3, -0.25) is 9.20 Å². The van der Waals surface area contributed by atoms with Crippen LogP contribution in [0.2, 0.25) is 0 Å². The van der Waals surface area contributed by atoms with Gasteiger partial charge in [0.05, 0.1) is 25.6 Å². The first-order valence-corrected chi connectivity index (χ1v) is 7.21. The first kappa shape index (κ1) is 15.8. The number of amides is 1. The summed E-state index contributed by atoms with van der Waals surface area (Å²) in [4.78, 5) is 17.0. The lowest BCUT2D eigenvalue weighted by Crippen LogP contribution is -2.16. The van der Waals surface area contributed by atoms with Crippen LogP contribution in [0.5, 0.6) is 11.5 Å². The van der Waals surface area contributed by atoms with Crippen LogP contribution in [-0.4, -0.2) is 29.5 Å². The predicted molar refractivity (Wildman–Crippen MR) is 87.4 cm³/mol. The summed E-state index contributed by atoms with van der Waals surface area (Å²) in [7, 11) is 3.04. The van der Waals surface area contributed by atoms with Crippen molar-refractivity contribution in [1.82, 2.24) is 9.38 Å². The van der Waals surface area contributed by atoms with Crippen molar-refractivity contribution in [2.75, 3.05) is 19.5 Å². The lowest BCUT2D eigenvalue weighted by atomic mass is 10.2. The van der Waals surface area contributed by atoms with Gasteiger partial charge in [-0.25, -0.2) is 9.37 Å². The number of imidazole rings is 1. The van der Waals surface area contributed by atoms with Crippen LogP contribution in [0.25, 0.3) is 5.65 Å². The molecular weight excluding hydrogens is 313 g/mol. The smallest absolute Gasteiger partial charge is 0.274 e. The Labute approximate surface area is 137 Å². The van der Waals surface area contributed by atoms with Crippen molar-refractivity contribution in [3.8, 4) is 11.5 Å². The Hall–Kier alpha value is -3.09. The van der Waals surface area contributed by atoms with Crippen molar-refractivity contribution in [3.63, 3.8) is 0 Å². The number of benzene rings is 1. The summed E-state index contributed by atoms with van der Waals surface area (Å²) in [5.41, 5.74) is 1.71. The van der Waals surface area contributed by atoms with Crippen LogP contribution >= 0.6 is 0 Å². The number of anilines is 1. The molecule has 2 heterocycles. The molecule has 0 fully saturated rings. The molecule has 0 saturated heterocycles. The van der Waals surface area contributed by atoms with E-state index in [0.29, 0.717) is 28.5 Å². The molecule has 124 valence electrons. The Morgan fingerprint density at radius 3 is 2.71 bits per heavy atom. The molecule has 0 aliphatic carbocycles. The minimum Gasteiger partial charge on any atom is -0.497 e. The van der Waals surface area contributed by atoms with E-state index in [2.05, 4.69) is 10.3 Å². The van der Waals surface area contributed by atoms with E-state index in [1.165, 1.54) is 36.9 Å². The van der Waals surface area contributed by atoms with Gasteiger partial charge < -0.3 is 14.8 Å². The predicted octanol–water partition coefficient (Wildman–Crippen LogP) is 3.05. The van der Waals surface area contributed by atoms with Crippen LogP contribution in [0, 0.1) is 12.7 Å². The van der Waals surface area contributed by atoms with E-state index in [1.54, 1.807) is 25.1 Å². The van der Waals surface area contributed by atoms with Crippen molar-refractivity contribution in [3.05, 3.63) is 53.7 Å². The first-order valence-electron chi connectivity index (χ1n) is 7.21. The summed E-state index contributed by atoms with van der Waals surface area (Å²) >= 11 is 0. The molecule has 0 bridgehead atoms. The molecule has 0 aliphatic heterocycles. The Kier molecular flexibility index (Phi) is 4.07. The van der Waals surface area contributed by atoms with Gasteiger partial charge in [-0.1, -0.05) is 0 Å². The quantitative estimate of drug-likeness (QED) is 0.799. The highest BCUT2D eigenvalue weighted by atomic mass is 19.1. The fourth-order valence-electron chi connectivity index (χ4n) is 2.50. The number of carbonyl (C=O) groups is 1. The molecular formula is C17H16FN3O3. The number of ether oxygens (including phenoxy) is 2. The molecule has 3 rings (SSSR count). The fraction of sp³-hybridized carbons (Fsp3) is 0.176. The molecule has 24 heavy (non-hydrogen) atoms. The van der Waals surface area contributed by atoms with Gasteiger partial charge in [0.15, 0.2) is 0 Å².